The summed E-state index contributed by atoms with van der Waals surface area (Å²) < 4.78 is 0. The van der Waals surface area contributed by atoms with Crippen LogP contribution in [0, 0.1) is 0 Å². The number of hydrogen-bond acceptors (Lipinski definition) is 3. The van der Waals surface area contributed by atoms with Crippen LogP contribution in [0.5, 0.6) is 0 Å². The summed E-state index contributed by atoms with van der Waals surface area (Å²) in [4.78, 5) is 11.1. The number of carbonyl (C=O) groups is 1. The average Bonchev–Trinajstić information content (AvgIpc) is 2.27. The molecule has 0 spiro atoms. The van der Waals surface area contributed by atoms with Crippen molar-refractivity contribution in [2.75, 3.05) is 11.9 Å². The molecule has 1 amide bonds. The fourth-order valence-electron chi connectivity index (χ4n) is 1.68. The SMILES string of the molecule is O=C(NO)c1ccc2c(c1)CCCN2. The normalized spacial score (nSPS) is 14.1. The van der Waals surface area contributed by atoms with Gasteiger partial charge in [-0.25, -0.2) is 5.48 Å². The molecule has 4 nitrogen and oxygen atoms in total. The van der Waals surface area contributed by atoms with Gasteiger partial charge in [-0.15, -0.1) is 0 Å². The van der Waals surface area contributed by atoms with Crippen LogP contribution in [-0.2, 0) is 6.42 Å². The molecule has 4 heteroatoms. The first-order valence-corrected chi connectivity index (χ1v) is 4.62. The van der Waals surface area contributed by atoms with Gasteiger partial charge < -0.3 is 5.32 Å². The largest absolute Gasteiger partial charge is 0.385 e. The second-order valence-corrected chi connectivity index (χ2v) is 3.34. The maximum atomic E-state index is 11.1. The van der Waals surface area contributed by atoms with E-state index in [9.17, 15) is 4.79 Å². The minimum atomic E-state index is -0.460. The van der Waals surface area contributed by atoms with E-state index in [-0.39, 0.29) is 0 Å². The molecule has 0 aliphatic carbocycles. The van der Waals surface area contributed by atoms with Crippen LogP contribution in [0.1, 0.15) is 22.3 Å². The Balaban J connectivity index is 2.33. The molecule has 0 saturated heterocycles. The van der Waals surface area contributed by atoms with Gasteiger partial charge in [-0.2, -0.15) is 0 Å². The Morgan fingerprint density at radius 1 is 1.50 bits per heavy atom. The highest BCUT2D eigenvalue weighted by Gasteiger charge is 2.11. The second-order valence-electron chi connectivity index (χ2n) is 3.34. The Morgan fingerprint density at radius 3 is 3.14 bits per heavy atom. The number of anilines is 1. The van der Waals surface area contributed by atoms with Crippen molar-refractivity contribution in [2.24, 2.45) is 0 Å². The standard InChI is InChI=1S/C10H12N2O2/c13-10(12-14)8-3-4-9-7(6-8)2-1-5-11-9/h3-4,6,11,14H,1-2,5H2,(H,12,13). The number of aryl methyl sites for hydroxylation is 1. The van der Waals surface area contributed by atoms with Crippen molar-refractivity contribution in [1.29, 1.82) is 0 Å². The molecule has 0 atom stereocenters. The molecule has 0 bridgehead atoms. The molecule has 74 valence electrons. The minimum absolute atomic E-state index is 0.460. The highest BCUT2D eigenvalue weighted by Crippen LogP contribution is 2.22. The zero-order valence-corrected chi connectivity index (χ0v) is 7.71. The molecule has 1 aliphatic rings. The number of benzene rings is 1. The van der Waals surface area contributed by atoms with E-state index in [0.717, 1.165) is 30.6 Å². The maximum Gasteiger partial charge on any atom is 0.274 e. The third-order valence-corrected chi connectivity index (χ3v) is 2.41. The van der Waals surface area contributed by atoms with E-state index in [1.807, 2.05) is 12.1 Å². The summed E-state index contributed by atoms with van der Waals surface area (Å²) in [5, 5.41) is 11.7. The third kappa shape index (κ3) is 1.56. The van der Waals surface area contributed by atoms with Gasteiger partial charge in [0.25, 0.3) is 5.91 Å². The lowest BCUT2D eigenvalue weighted by Gasteiger charge is -2.18. The van der Waals surface area contributed by atoms with Crippen molar-refractivity contribution in [3.05, 3.63) is 29.3 Å². The summed E-state index contributed by atoms with van der Waals surface area (Å²) in [5.74, 6) is -0.460. The van der Waals surface area contributed by atoms with Crippen LogP contribution < -0.4 is 10.8 Å². The smallest absolute Gasteiger partial charge is 0.274 e. The molecular weight excluding hydrogens is 180 g/mol. The van der Waals surface area contributed by atoms with E-state index >= 15 is 0 Å². The Bertz CT molecular complexity index is 363. The Labute approximate surface area is 81.9 Å². The Morgan fingerprint density at radius 2 is 2.36 bits per heavy atom. The summed E-state index contributed by atoms with van der Waals surface area (Å²) in [6, 6.07) is 5.38. The number of carbonyl (C=O) groups excluding carboxylic acids is 1. The van der Waals surface area contributed by atoms with Crippen molar-refractivity contribution in [2.45, 2.75) is 12.8 Å². The number of rotatable bonds is 1. The van der Waals surface area contributed by atoms with Crippen LogP contribution in [0.2, 0.25) is 0 Å². The zero-order chi connectivity index (χ0) is 9.97. The number of amides is 1. The van der Waals surface area contributed by atoms with Gasteiger partial charge in [-0.3, -0.25) is 10.0 Å². The predicted octanol–water partition coefficient (Wildman–Crippen LogP) is 1.16. The first-order chi connectivity index (χ1) is 6.81. The number of nitrogens with one attached hydrogen (secondary N) is 2. The highest BCUT2D eigenvalue weighted by molar-refractivity contribution is 5.94. The molecular formula is C10H12N2O2. The monoisotopic (exact) mass is 192 g/mol. The zero-order valence-electron chi connectivity index (χ0n) is 7.71. The van der Waals surface area contributed by atoms with E-state index in [1.165, 1.54) is 0 Å². The fraction of sp³-hybridized carbons (Fsp3) is 0.300. The van der Waals surface area contributed by atoms with Gasteiger partial charge in [-0.1, -0.05) is 0 Å². The van der Waals surface area contributed by atoms with Crippen molar-refractivity contribution in [1.82, 2.24) is 5.48 Å². The molecule has 1 aromatic carbocycles. The van der Waals surface area contributed by atoms with Crippen LogP contribution >= 0.6 is 0 Å². The van der Waals surface area contributed by atoms with Gasteiger partial charge in [0.05, 0.1) is 0 Å². The van der Waals surface area contributed by atoms with E-state index in [0.29, 0.717) is 5.56 Å². The van der Waals surface area contributed by atoms with Crippen molar-refractivity contribution in [3.8, 4) is 0 Å². The molecule has 0 fully saturated rings. The summed E-state index contributed by atoms with van der Waals surface area (Å²) in [6.07, 6.45) is 2.06. The van der Waals surface area contributed by atoms with Crippen LogP contribution in [0.4, 0.5) is 5.69 Å². The number of hydrogen-bond donors (Lipinski definition) is 3. The Kier molecular flexibility index (Phi) is 2.37. The van der Waals surface area contributed by atoms with Crippen molar-refractivity contribution < 1.29 is 10.0 Å². The van der Waals surface area contributed by atoms with Gasteiger partial charge in [0.2, 0.25) is 0 Å². The molecule has 0 unspecified atom stereocenters. The molecule has 1 aliphatic heterocycles. The highest BCUT2D eigenvalue weighted by atomic mass is 16.5. The van der Waals surface area contributed by atoms with E-state index in [1.54, 1.807) is 11.5 Å². The first-order valence-electron chi connectivity index (χ1n) is 4.62. The van der Waals surface area contributed by atoms with Crippen LogP contribution in [0.3, 0.4) is 0 Å². The quantitative estimate of drug-likeness (QED) is 0.462. The topological polar surface area (TPSA) is 61.4 Å². The predicted molar refractivity (Wildman–Crippen MR) is 52.5 cm³/mol. The summed E-state index contributed by atoms with van der Waals surface area (Å²) in [7, 11) is 0. The number of hydroxylamine groups is 1. The van der Waals surface area contributed by atoms with Gasteiger partial charge in [0.1, 0.15) is 0 Å². The van der Waals surface area contributed by atoms with Gasteiger partial charge in [0.15, 0.2) is 0 Å². The van der Waals surface area contributed by atoms with E-state index in [4.69, 9.17) is 5.21 Å². The molecule has 1 heterocycles. The molecule has 3 N–H and O–H groups in total. The van der Waals surface area contributed by atoms with Crippen LogP contribution in [0.15, 0.2) is 18.2 Å². The van der Waals surface area contributed by atoms with Crippen LogP contribution in [-0.4, -0.2) is 17.7 Å². The molecule has 0 saturated carbocycles. The molecule has 0 radical (unpaired) electrons. The van der Waals surface area contributed by atoms with Gasteiger partial charge in [0, 0.05) is 17.8 Å². The van der Waals surface area contributed by atoms with Gasteiger partial charge >= 0.3 is 0 Å². The lowest BCUT2D eigenvalue weighted by Crippen LogP contribution is -2.19. The first kappa shape index (κ1) is 9.02. The molecule has 0 aromatic heterocycles. The molecule has 14 heavy (non-hydrogen) atoms. The minimum Gasteiger partial charge on any atom is -0.385 e. The summed E-state index contributed by atoms with van der Waals surface area (Å²) in [6.45, 7) is 0.985. The van der Waals surface area contributed by atoms with Gasteiger partial charge in [-0.05, 0) is 36.6 Å². The van der Waals surface area contributed by atoms with E-state index < -0.39 is 5.91 Å². The van der Waals surface area contributed by atoms with E-state index in [2.05, 4.69) is 5.32 Å². The summed E-state index contributed by atoms with van der Waals surface area (Å²) >= 11 is 0. The lowest BCUT2D eigenvalue weighted by atomic mass is 10.0. The fourth-order valence-corrected chi connectivity index (χ4v) is 1.68. The molecule has 2 rings (SSSR count). The lowest BCUT2D eigenvalue weighted by molar-refractivity contribution is 0.0706. The summed E-state index contributed by atoms with van der Waals surface area (Å²) in [5.41, 5.74) is 4.35. The maximum absolute atomic E-state index is 11.1. The second kappa shape index (κ2) is 3.67. The van der Waals surface area contributed by atoms with Crippen molar-refractivity contribution >= 4 is 11.6 Å². The number of fused-ring (bicyclic) bond motifs is 1. The molecule has 1 aromatic rings. The average molecular weight is 192 g/mol. The third-order valence-electron chi connectivity index (χ3n) is 2.41. The Hall–Kier alpha value is -1.55. The van der Waals surface area contributed by atoms with Crippen LogP contribution in [0.25, 0.3) is 0 Å². The van der Waals surface area contributed by atoms with Crippen molar-refractivity contribution in [3.63, 3.8) is 0 Å².